The second-order valence-corrected chi connectivity index (χ2v) is 3.84. The van der Waals surface area contributed by atoms with E-state index in [1.165, 1.54) is 4.90 Å². The number of nitrogens with one attached hydrogen (secondary N) is 1. The molecule has 0 bridgehead atoms. The average Bonchev–Trinajstić information content (AvgIpc) is 2.34. The summed E-state index contributed by atoms with van der Waals surface area (Å²) in [5, 5.41) is 2.98. The zero-order valence-corrected chi connectivity index (χ0v) is 10.6. The van der Waals surface area contributed by atoms with Crippen molar-refractivity contribution in [1.29, 1.82) is 0 Å². The van der Waals surface area contributed by atoms with Gasteiger partial charge in [-0.2, -0.15) is 0 Å². The van der Waals surface area contributed by atoms with Gasteiger partial charge in [0.25, 0.3) is 0 Å². The van der Waals surface area contributed by atoms with Gasteiger partial charge in [-0.1, -0.05) is 6.92 Å². The molecule has 94 valence electrons. The molecule has 17 heavy (non-hydrogen) atoms. The molecule has 0 saturated heterocycles. The Bertz CT molecular complexity index is 367. The number of likely N-dealkylation sites (N-methyl/N-ethyl adjacent to an activating group) is 1. The van der Waals surface area contributed by atoms with Crippen LogP contribution in [0, 0.1) is 0 Å². The first-order valence-electron chi connectivity index (χ1n) is 5.67. The molecule has 0 aliphatic carbocycles. The molecule has 1 heterocycles. The molecule has 0 aliphatic rings. The van der Waals surface area contributed by atoms with Gasteiger partial charge in [0.15, 0.2) is 11.6 Å². The first kappa shape index (κ1) is 13.3. The van der Waals surface area contributed by atoms with Crippen LogP contribution in [0.3, 0.4) is 0 Å². The van der Waals surface area contributed by atoms with E-state index in [1.54, 1.807) is 20.3 Å². The molecule has 0 aromatic carbocycles. The molecule has 0 unspecified atom stereocenters. The third-order valence-electron chi connectivity index (χ3n) is 2.14. The van der Waals surface area contributed by atoms with Crippen LogP contribution in [-0.4, -0.2) is 43.0 Å². The largest absolute Gasteiger partial charge is 0.490 e. The van der Waals surface area contributed by atoms with Gasteiger partial charge < -0.3 is 15.0 Å². The van der Waals surface area contributed by atoms with Gasteiger partial charge in [0.05, 0.1) is 13.2 Å². The number of rotatable bonds is 6. The SMILES string of the molecule is CCCOc1cccnc1NCC(=O)N(C)C. The molecular weight excluding hydrogens is 218 g/mol. The molecule has 1 aromatic rings. The Kier molecular flexibility index (Phi) is 5.26. The number of carbonyl (C=O) groups excluding carboxylic acids is 1. The van der Waals surface area contributed by atoms with Crippen LogP contribution in [0.5, 0.6) is 5.75 Å². The summed E-state index contributed by atoms with van der Waals surface area (Å²) < 4.78 is 5.53. The molecule has 1 rings (SSSR count). The lowest BCUT2D eigenvalue weighted by Crippen LogP contribution is -2.28. The van der Waals surface area contributed by atoms with Crippen molar-refractivity contribution in [3.05, 3.63) is 18.3 Å². The van der Waals surface area contributed by atoms with E-state index in [1.807, 2.05) is 19.1 Å². The fraction of sp³-hybridized carbons (Fsp3) is 0.500. The Morgan fingerprint density at radius 3 is 2.94 bits per heavy atom. The Morgan fingerprint density at radius 2 is 2.29 bits per heavy atom. The maximum atomic E-state index is 11.4. The molecule has 0 radical (unpaired) electrons. The number of carbonyl (C=O) groups is 1. The molecule has 0 aliphatic heterocycles. The Morgan fingerprint density at radius 1 is 1.53 bits per heavy atom. The Balaban J connectivity index is 2.60. The van der Waals surface area contributed by atoms with Crippen LogP contribution in [0.1, 0.15) is 13.3 Å². The third-order valence-corrected chi connectivity index (χ3v) is 2.14. The van der Waals surface area contributed by atoms with E-state index in [0.717, 1.165) is 6.42 Å². The molecule has 0 fully saturated rings. The summed E-state index contributed by atoms with van der Waals surface area (Å²) in [5.41, 5.74) is 0. The number of ether oxygens (including phenoxy) is 1. The second kappa shape index (κ2) is 6.73. The predicted molar refractivity (Wildman–Crippen MR) is 67.2 cm³/mol. The van der Waals surface area contributed by atoms with Crippen molar-refractivity contribution in [2.45, 2.75) is 13.3 Å². The Hall–Kier alpha value is -1.78. The normalized spacial score (nSPS) is 9.82. The standard InChI is InChI=1S/C12H19N3O2/c1-4-8-17-10-6-5-7-13-12(10)14-9-11(16)15(2)3/h5-7H,4,8-9H2,1-3H3,(H,13,14). The van der Waals surface area contributed by atoms with E-state index in [-0.39, 0.29) is 12.5 Å². The summed E-state index contributed by atoms with van der Waals surface area (Å²) in [4.78, 5) is 17.1. The van der Waals surface area contributed by atoms with Gasteiger partial charge in [-0.05, 0) is 18.6 Å². The highest BCUT2D eigenvalue weighted by Gasteiger charge is 2.07. The quantitative estimate of drug-likeness (QED) is 0.812. The van der Waals surface area contributed by atoms with Crippen LogP contribution < -0.4 is 10.1 Å². The minimum atomic E-state index is -0.00269. The molecule has 0 saturated carbocycles. The summed E-state index contributed by atoms with van der Waals surface area (Å²) in [6.45, 7) is 2.90. The van der Waals surface area contributed by atoms with Gasteiger partial charge in [0.2, 0.25) is 5.91 Å². The Labute approximate surface area is 102 Å². The first-order valence-corrected chi connectivity index (χ1v) is 5.67. The lowest BCUT2D eigenvalue weighted by Gasteiger charge is -2.13. The topological polar surface area (TPSA) is 54.5 Å². The fourth-order valence-electron chi connectivity index (χ4n) is 1.17. The number of anilines is 1. The number of hydrogen-bond donors (Lipinski definition) is 1. The molecule has 5 nitrogen and oxygen atoms in total. The summed E-state index contributed by atoms with van der Waals surface area (Å²) >= 11 is 0. The van der Waals surface area contributed by atoms with E-state index in [2.05, 4.69) is 10.3 Å². The highest BCUT2D eigenvalue weighted by Crippen LogP contribution is 2.20. The van der Waals surface area contributed by atoms with Gasteiger partial charge in [-0.25, -0.2) is 4.98 Å². The summed E-state index contributed by atoms with van der Waals surface area (Å²) in [6, 6.07) is 3.65. The average molecular weight is 237 g/mol. The minimum absolute atomic E-state index is 0.00269. The zero-order valence-electron chi connectivity index (χ0n) is 10.6. The first-order chi connectivity index (χ1) is 8.15. The number of nitrogens with zero attached hydrogens (tertiary/aromatic N) is 2. The van der Waals surface area contributed by atoms with Crippen molar-refractivity contribution < 1.29 is 9.53 Å². The molecule has 1 amide bonds. The van der Waals surface area contributed by atoms with E-state index >= 15 is 0 Å². The number of amides is 1. The van der Waals surface area contributed by atoms with E-state index < -0.39 is 0 Å². The molecular formula is C12H19N3O2. The van der Waals surface area contributed by atoms with Crippen molar-refractivity contribution in [3.8, 4) is 5.75 Å². The van der Waals surface area contributed by atoms with Crippen LogP contribution >= 0.6 is 0 Å². The lowest BCUT2D eigenvalue weighted by molar-refractivity contribution is -0.126. The van der Waals surface area contributed by atoms with Gasteiger partial charge in [0.1, 0.15) is 0 Å². The van der Waals surface area contributed by atoms with E-state index in [0.29, 0.717) is 18.2 Å². The van der Waals surface area contributed by atoms with Crippen molar-refractivity contribution in [1.82, 2.24) is 9.88 Å². The smallest absolute Gasteiger partial charge is 0.241 e. The van der Waals surface area contributed by atoms with Gasteiger partial charge in [0, 0.05) is 20.3 Å². The van der Waals surface area contributed by atoms with Gasteiger partial charge >= 0.3 is 0 Å². The van der Waals surface area contributed by atoms with Crippen molar-refractivity contribution in [2.24, 2.45) is 0 Å². The van der Waals surface area contributed by atoms with E-state index in [4.69, 9.17) is 4.74 Å². The highest BCUT2D eigenvalue weighted by molar-refractivity contribution is 5.80. The molecule has 0 spiro atoms. The minimum Gasteiger partial charge on any atom is -0.490 e. The van der Waals surface area contributed by atoms with Gasteiger partial charge in [-0.15, -0.1) is 0 Å². The maximum absolute atomic E-state index is 11.4. The molecule has 0 atom stereocenters. The van der Waals surface area contributed by atoms with Crippen LogP contribution in [0.15, 0.2) is 18.3 Å². The highest BCUT2D eigenvalue weighted by atomic mass is 16.5. The van der Waals surface area contributed by atoms with Crippen LogP contribution in [-0.2, 0) is 4.79 Å². The van der Waals surface area contributed by atoms with Crippen LogP contribution in [0.4, 0.5) is 5.82 Å². The number of pyridine rings is 1. The van der Waals surface area contributed by atoms with Crippen LogP contribution in [0.25, 0.3) is 0 Å². The molecule has 1 N–H and O–H groups in total. The lowest BCUT2D eigenvalue weighted by atomic mass is 10.4. The second-order valence-electron chi connectivity index (χ2n) is 3.84. The van der Waals surface area contributed by atoms with Crippen molar-refractivity contribution >= 4 is 11.7 Å². The summed E-state index contributed by atoms with van der Waals surface area (Å²) in [5.74, 6) is 1.29. The van der Waals surface area contributed by atoms with E-state index in [9.17, 15) is 4.79 Å². The van der Waals surface area contributed by atoms with Crippen molar-refractivity contribution in [3.63, 3.8) is 0 Å². The molecule has 1 aromatic heterocycles. The fourth-order valence-corrected chi connectivity index (χ4v) is 1.17. The van der Waals surface area contributed by atoms with Crippen molar-refractivity contribution in [2.75, 3.05) is 32.6 Å². The molecule has 5 heteroatoms. The number of hydrogen-bond acceptors (Lipinski definition) is 4. The zero-order chi connectivity index (χ0) is 12.7. The maximum Gasteiger partial charge on any atom is 0.241 e. The number of aromatic nitrogens is 1. The van der Waals surface area contributed by atoms with Gasteiger partial charge in [-0.3, -0.25) is 4.79 Å². The van der Waals surface area contributed by atoms with Crippen LogP contribution in [0.2, 0.25) is 0 Å². The third kappa shape index (κ3) is 4.30. The summed E-state index contributed by atoms with van der Waals surface area (Å²) in [6.07, 6.45) is 2.60. The monoisotopic (exact) mass is 237 g/mol. The summed E-state index contributed by atoms with van der Waals surface area (Å²) in [7, 11) is 3.44. The predicted octanol–water partition coefficient (Wildman–Crippen LogP) is 1.37.